The first-order valence-corrected chi connectivity index (χ1v) is 9.55. The molecule has 0 saturated carbocycles. The minimum Gasteiger partial charge on any atom is -0.494 e. The molecular formula is C20H17FN4O2S. The molecule has 0 aliphatic heterocycles. The lowest BCUT2D eigenvalue weighted by Gasteiger charge is -2.08. The number of hydrogen-bond acceptors (Lipinski definition) is 6. The predicted octanol–water partition coefficient (Wildman–Crippen LogP) is 4.65. The molecule has 4 rings (SSSR count). The third-order valence-corrected chi connectivity index (χ3v) is 5.22. The van der Waals surface area contributed by atoms with Crippen LogP contribution in [0.4, 0.5) is 9.52 Å². The van der Waals surface area contributed by atoms with Crippen LogP contribution in [0.3, 0.4) is 0 Å². The SMILES string of the molecule is CCOc1ccc2nc(NC(=O)c3cc(F)cc4nc(C)c(C)nc34)sc2c1. The molecule has 28 heavy (non-hydrogen) atoms. The molecule has 1 N–H and O–H groups in total. The van der Waals surface area contributed by atoms with Gasteiger partial charge in [0.25, 0.3) is 5.91 Å². The highest BCUT2D eigenvalue weighted by Gasteiger charge is 2.17. The largest absolute Gasteiger partial charge is 0.494 e. The lowest BCUT2D eigenvalue weighted by Crippen LogP contribution is -2.14. The number of amides is 1. The van der Waals surface area contributed by atoms with Crippen molar-refractivity contribution in [3.05, 3.63) is 53.1 Å². The maximum Gasteiger partial charge on any atom is 0.259 e. The lowest BCUT2D eigenvalue weighted by atomic mass is 10.1. The normalized spacial score (nSPS) is 11.1. The van der Waals surface area contributed by atoms with Gasteiger partial charge in [-0.25, -0.2) is 19.3 Å². The van der Waals surface area contributed by atoms with Gasteiger partial charge in [-0.05, 0) is 45.0 Å². The summed E-state index contributed by atoms with van der Waals surface area (Å²) in [4.78, 5) is 26.0. The number of halogens is 1. The Bertz CT molecular complexity index is 1220. The number of ether oxygens (including phenoxy) is 1. The number of benzene rings is 2. The monoisotopic (exact) mass is 396 g/mol. The Hall–Kier alpha value is -3.13. The third kappa shape index (κ3) is 3.38. The van der Waals surface area contributed by atoms with Gasteiger partial charge in [-0.15, -0.1) is 0 Å². The Morgan fingerprint density at radius 1 is 1.11 bits per heavy atom. The van der Waals surface area contributed by atoms with E-state index in [1.165, 1.54) is 23.5 Å². The zero-order chi connectivity index (χ0) is 19.8. The molecule has 2 aromatic heterocycles. The topological polar surface area (TPSA) is 77.0 Å². The summed E-state index contributed by atoms with van der Waals surface area (Å²) >= 11 is 1.32. The number of nitrogens with zero attached hydrogens (tertiary/aromatic N) is 3. The van der Waals surface area contributed by atoms with Crippen LogP contribution in [0.25, 0.3) is 21.3 Å². The molecule has 0 spiro atoms. The predicted molar refractivity (Wildman–Crippen MR) is 108 cm³/mol. The first-order valence-electron chi connectivity index (χ1n) is 8.74. The molecule has 2 aromatic carbocycles. The van der Waals surface area contributed by atoms with Crippen LogP contribution >= 0.6 is 11.3 Å². The molecule has 0 unspecified atom stereocenters. The molecule has 0 atom stereocenters. The summed E-state index contributed by atoms with van der Waals surface area (Å²) in [6.07, 6.45) is 0. The minimum atomic E-state index is -0.541. The number of aryl methyl sites for hydroxylation is 2. The summed E-state index contributed by atoms with van der Waals surface area (Å²) in [5, 5.41) is 3.17. The first kappa shape index (κ1) is 18.2. The van der Waals surface area contributed by atoms with Crippen LogP contribution in [-0.2, 0) is 0 Å². The summed E-state index contributed by atoms with van der Waals surface area (Å²) in [5.74, 6) is -0.277. The number of hydrogen-bond donors (Lipinski definition) is 1. The van der Waals surface area contributed by atoms with E-state index in [9.17, 15) is 9.18 Å². The van der Waals surface area contributed by atoms with Gasteiger partial charge in [-0.3, -0.25) is 10.1 Å². The third-order valence-electron chi connectivity index (χ3n) is 4.28. The molecule has 6 nitrogen and oxygen atoms in total. The smallest absolute Gasteiger partial charge is 0.259 e. The van der Waals surface area contributed by atoms with Crippen LogP contribution in [-0.4, -0.2) is 27.5 Å². The Morgan fingerprint density at radius 2 is 1.89 bits per heavy atom. The fraction of sp³-hybridized carbons (Fsp3) is 0.200. The Balaban J connectivity index is 1.70. The number of nitrogens with one attached hydrogen (secondary N) is 1. The van der Waals surface area contributed by atoms with Gasteiger partial charge in [0, 0.05) is 6.07 Å². The maximum absolute atomic E-state index is 14.0. The summed E-state index contributed by atoms with van der Waals surface area (Å²) in [6.45, 7) is 6.08. The van der Waals surface area contributed by atoms with Gasteiger partial charge in [0.15, 0.2) is 5.13 Å². The van der Waals surface area contributed by atoms with E-state index in [0.717, 1.165) is 16.0 Å². The van der Waals surface area contributed by atoms with Crippen molar-refractivity contribution in [2.45, 2.75) is 20.8 Å². The number of fused-ring (bicyclic) bond motifs is 2. The fourth-order valence-electron chi connectivity index (χ4n) is 2.85. The quantitative estimate of drug-likeness (QED) is 0.543. The van der Waals surface area contributed by atoms with E-state index in [-0.39, 0.29) is 5.56 Å². The highest BCUT2D eigenvalue weighted by molar-refractivity contribution is 7.22. The number of aromatic nitrogens is 3. The van der Waals surface area contributed by atoms with E-state index in [1.807, 2.05) is 25.1 Å². The molecule has 0 radical (unpaired) electrons. The lowest BCUT2D eigenvalue weighted by molar-refractivity contribution is 0.102. The van der Waals surface area contributed by atoms with Crippen LogP contribution in [0.1, 0.15) is 28.7 Å². The van der Waals surface area contributed by atoms with E-state index in [2.05, 4.69) is 20.3 Å². The van der Waals surface area contributed by atoms with E-state index >= 15 is 0 Å². The van der Waals surface area contributed by atoms with Crippen LogP contribution in [0, 0.1) is 19.7 Å². The zero-order valence-electron chi connectivity index (χ0n) is 15.5. The van der Waals surface area contributed by atoms with Crippen molar-refractivity contribution in [1.82, 2.24) is 15.0 Å². The van der Waals surface area contributed by atoms with E-state index in [4.69, 9.17) is 4.74 Å². The van der Waals surface area contributed by atoms with Crippen LogP contribution in [0.5, 0.6) is 5.75 Å². The van der Waals surface area contributed by atoms with E-state index in [1.54, 1.807) is 13.8 Å². The van der Waals surface area contributed by atoms with Crippen molar-refractivity contribution in [3.8, 4) is 5.75 Å². The van der Waals surface area contributed by atoms with Crippen molar-refractivity contribution < 1.29 is 13.9 Å². The molecule has 0 bridgehead atoms. The van der Waals surface area contributed by atoms with Crippen LogP contribution < -0.4 is 10.1 Å². The summed E-state index contributed by atoms with van der Waals surface area (Å²) in [5.41, 5.74) is 2.97. The maximum atomic E-state index is 14.0. The molecule has 1 amide bonds. The summed E-state index contributed by atoms with van der Waals surface area (Å²) in [6, 6.07) is 7.99. The Labute approximate surface area is 164 Å². The van der Waals surface area contributed by atoms with Gasteiger partial charge in [0.2, 0.25) is 0 Å². The molecule has 0 saturated heterocycles. The Kier molecular flexibility index (Phi) is 4.64. The standard InChI is InChI=1S/C20H17FN4O2S/c1-4-27-13-5-6-15-17(9-13)28-20(24-15)25-19(26)14-7-12(21)8-16-18(14)23-11(3)10(2)22-16/h5-9H,4H2,1-3H3,(H,24,25,26). The number of thiazole rings is 1. The number of anilines is 1. The fourth-order valence-corrected chi connectivity index (χ4v) is 3.74. The van der Waals surface area contributed by atoms with Gasteiger partial charge in [-0.1, -0.05) is 11.3 Å². The number of carbonyl (C=O) groups excluding carboxylic acids is 1. The van der Waals surface area contributed by atoms with Gasteiger partial charge in [0.1, 0.15) is 17.1 Å². The molecule has 142 valence electrons. The van der Waals surface area contributed by atoms with Gasteiger partial charge in [-0.2, -0.15) is 0 Å². The number of carbonyl (C=O) groups is 1. The molecule has 0 aliphatic carbocycles. The molecule has 2 heterocycles. The zero-order valence-corrected chi connectivity index (χ0v) is 16.4. The second-order valence-electron chi connectivity index (χ2n) is 6.25. The van der Waals surface area contributed by atoms with Gasteiger partial charge >= 0.3 is 0 Å². The molecule has 8 heteroatoms. The Morgan fingerprint density at radius 3 is 2.68 bits per heavy atom. The van der Waals surface area contributed by atoms with Crippen molar-refractivity contribution in [1.29, 1.82) is 0 Å². The number of rotatable bonds is 4. The van der Waals surface area contributed by atoms with E-state index < -0.39 is 11.7 Å². The molecular weight excluding hydrogens is 379 g/mol. The van der Waals surface area contributed by atoms with Gasteiger partial charge < -0.3 is 4.74 Å². The van der Waals surface area contributed by atoms with Gasteiger partial charge in [0.05, 0.1) is 39.3 Å². The molecule has 0 aliphatic rings. The molecule has 0 fully saturated rings. The minimum absolute atomic E-state index is 0.125. The second-order valence-corrected chi connectivity index (χ2v) is 7.28. The average Bonchev–Trinajstić information content (AvgIpc) is 3.04. The van der Waals surface area contributed by atoms with E-state index in [0.29, 0.717) is 34.2 Å². The summed E-state index contributed by atoms with van der Waals surface area (Å²) in [7, 11) is 0. The van der Waals surface area contributed by atoms with Crippen LogP contribution in [0.15, 0.2) is 30.3 Å². The second kappa shape index (κ2) is 7.12. The van der Waals surface area contributed by atoms with Crippen LogP contribution in [0.2, 0.25) is 0 Å². The van der Waals surface area contributed by atoms with Crippen molar-refractivity contribution in [2.75, 3.05) is 11.9 Å². The average molecular weight is 396 g/mol. The first-order chi connectivity index (χ1) is 13.4. The van der Waals surface area contributed by atoms with Crippen molar-refractivity contribution in [3.63, 3.8) is 0 Å². The summed E-state index contributed by atoms with van der Waals surface area (Å²) < 4.78 is 20.4. The highest BCUT2D eigenvalue weighted by Crippen LogP contribution is 2.30. The van der Waals surface area contributed by atoms with Crippen molar-refractivity contribution in [2.24, 2.45) is 0 Å². The molecule has 4 aromatic rings. The van der Waals surface area contributed by atoms with Crippen molar-refractivity contribution >= 4 is 43.6 Å². The highest BCUT2D eigenvalue weighted by atomic mass is 32.1.